The lowest BCUT2D eigenvalue weighted by Gasteiger charge is -2.23. The third-order valence-electron chi connectivity index (χ3n) is 2.93. The molecule has 21 heavy (non-hydrogen) atoms. The number of halogens is 3. The number of hydrogen-bond acceptors (Lipinski definition) is 4. The van der Waals surface area contributed by atoms with E-state index in [2.05, 4.69) is 5.32 Å². The molecule has 1 heterocycles. The number of nitrogens with one attached hydrogen (secondary N) is 1. The molecule has 1 saturated heterocycles. The van der Waals surface area contributed by atoms with Gasteiger partial charge in [-0.05, 0) is 12.8 Å². The largest absolute Gasteiger partial charge is 0.480 e. The number of nitrogens with zero attached hydrogens (tertiary/aromatic N) is 1. The Labute approximate surface area is 119 Å². The summed E-state index contributed by atoms with van der Waals surface area (Å²) in [6.45, 7) is -3.17. The van der Waals surface area contributed by atoms with E-state index in [1.807, 2.05) is 0 Å². The maximum absolute atomic E-state index is 12.3. The lowest BCUT2D eigenvalue weighted by atomic mass is 10.2. The lowest BCUT2D eigenvalue weighted by Crippen LogP contribution is -2.49. The van der Waals surface area contributed by atoms with Crippen LogP contribution in [0.4, 0.5) is 18.0 Å². The molecule has 11 heteroatoms. The molecule has 1 fully saturated rings. The normalized spacial score (nSPS) is 21.0. The molecule has 0 radical (unpaired) electrons. The number of sulfone groups is 1. The van der Waals surface area contributed by atoms with Crippen molar-refractivity contribution in [1.29, 1.82) is 0 Å². The Morgan fingerprint density at radius 3 is 2.38 bits per heavy atom. The van der Waals surface area contributed by atoms with Gasteiger partial charge in [0.1, 0.15) is 13.1 Å². The average molecular weight is 332 g/mol. The number of carboxylic acids is 1. The van der Waals surface area contributed by atoms with Crippen LogP contribution < -0.4 is 5.32 Å². The molecule has 0 aromatic heterocycles. The number of urea groups is 1. The molecular weight excluding hydrogens is 317 g/mol. The molecule has 0 bridgehead atoms. The zero-order valence-electron chi connectivity index (χ0n) is 10.9. The molecule has 0 saturated carbocycles. The first-order valence-electron chi connectivity index (χ1n) is 6.04. The average Bonchev–Trinajstić information content (AvgIpc) is 2.62. The van der Waals surface area contributed by atoms with Crippen LogP contribution in [0.25, 0.3) is 0 Å². The molecule has 1 aliphatic heterocycles. The number of hydrogen-bond donors (Lipinski definition) is 2. The highest BCUT2D eigenvalue weighted by atomic mass is 32.2. The summed E-state index contributed by atoms with van der Waals surface area (Å²) in [6, 6.07) is -1.25. The SMILES string of the molecule is O=C(O)CN(CC(F)(F)F)C(=O)NCC1CCCS1(=O)=O. The Balaban J connectivity index is 2.62. The highest BCUT2D eigenvalue weighted by molar-refractivity contribution is 7.92. The van der Waals surface area contributed by atoms with Crippen LogP contribution in [0.15, 0.2) is 0 Å². The zero-order chi connectivity index (χ0) is 16.3. The fourth-order valence-electron chi connectivity index (χ4n) is 1.98. The van der Waals surface area contributed by atoms with Crippen LogP contribution in [0.5, 0.6) is 0 Å². The quantitative estimate of drug-likeness (QED) is 0.750. The first-order chi connectivity index (χ1) is 9.51. The van der Waals surface area contributed by atoms with Crippen molar-refractivity contribution in [2.45, 2.75) is 24.3 Å². The maximum atomic E-state index is 12.3. The van der Waals surface area contributed by atoms with Crippen LogP contribution in [0, 0.1) is 0 Å². The van der Waals surface area contributed by atoms with Crippen molar-refractivity contribution in [3.8, 4) is 0 Å². The van der Waals surface area contributed by atoms with Crippen LogP contribution >= 0.6 is 0 Å². The Morgan fingerprint density at radius 1 is 1.33 bits per heavy atom. The van der Waals surface area contributed by atoms with E-state index in [1.165, 1.54) is 0 Å². The molecule has 122 valence electrons. The molecule has 2 amide bonds. The highest BCUT2D eigenvalue weighted by Gasteiger charge is 2.35. The molecule has 0 spiro atoms. The second kappa shape index (κ2) is 6.50. The van der Waals surface area contributed by atoms with Crippen molar-refractivity contribution in [2.75, 3.05) is 25.4 Å². The number of aliphatic carboxylic acids is 1. The smallest absolute Gasteiger partial charge is 0.406 e. The molecular formula is C10H15F3N2O5S. The molecule has 1 rings (SSSR count). The van der Waals surface area contributed by atoms with Gasteiger partial charge in [0.2, 0.25) is 0 Å². The predicted molar refractivity (Wildman–Crippen MR) is 65.5 cm³/mol. The highest BCUT2D eigenvalue weighted by Crippen LogP contribution is 2.19. The van der Waals surface area contributed by atoms with Crippen molar-refractivity contribution in [3.05, 3.63) is 0 Å². The number of carbonyl (C=O) groups is 2. The predicted octanol–water partition coefficient (Wildman–Crippen LogP) is 0.222. The van der Waals surface area contributed by atoms with E-state index in [1.54, 1.807) is 0 Å². The maximum Gasteiger partial charge on any atom is 0.406 e. The summed E-state index contributed by atoms with van der Waals surface area (Å²) in [7, 11) is -3.34. The van der Waals surface area contributed by atoms with E-state index in [0.717, 1.165) is 0 Å². The summed E-state index contributed by atoms with van der Waals surface area (Å²) in [5.74, 6) is -1.61. The lowest BCUT2D eigenvalue weighted by molar-refractivity contribution is -0.148. The first-order valence-corrected chi connectivity index (χ1v) is 7.76. The second-order valence-electron chi connectivity index (χ2n) is 4.68. The first kappa shape index (κ1) is 17.5. The van der Waals surface area contributed by atoms with Gasteiger partial charge in [0, 0.05) is 6.54 Å². The number of alkyl halides is 3. The number of rotatable bonds is 5. The third kappa shape index (κ3) is 5.78. The summed E-state index contributed by atoms with van der Waals surface area (Å²) in [5.41, 5.74) is 0. The van der Waals surface area contributed by atoms with Gasteiger partial charge >= 0.3 is 18.2 Å². The van der Waals surface area contributed by atoms with Gasteiger partial charge < -0.3 is 15.3 Å². The Bertz CT molecular complexity index is 505. The van der Waals surface area contributed by atoms with Gasteiger partial charge in [-0.25, -0.2) is 13.2 Å². The number of carboxylic acid groups (broad SMARTS) is 1. The van der Waals surface area contributed by atoms with Crippen molar-refractivity contribution in [1.82, 2.24) is 10.2 Å². The molecule has 1 atom stereocenters. The Morgan fingerprint density at radius 2 is 1.95 bits per heavy atom. The van der Waals surface area contributed by atoms with E-state index < -0.39 is 46.4 Å². The summed E-state index contributed by atoms with van der Waals surface area (Å²) in [4.78, 5) is 22.1. The molecule has 0 aromatic carbocycles. The van der Waals surface area contributed by atoms with Gasteiger partial charge in [0.05, 0.1) is 11.0 Å². The second-order valence-corrected chi connectivity index (χ2v) is 7.08. The van der Waals surface area contributed by atoms with Crippen LogP contribution in [0.2, 0.25) is 0 Å². The van der Waals surface area contributed by atoms with E-state index in [-0.39, 0.29) is 17.2 Å². The summed E-state index contributed by atoms with van der Waals surface area (Å²) in [6.07, 6.45) is -3.99. The minimum absolute atomic E-state index is 0.0189. The van der Waals surface area contributed by atoms with Gasteiger partial charge in [-0.1, -0.05) is 0 Å². The standard InChI is InChI=1S/C10H15F3N2O5S/c11-10(12,13)6-15(5-8(16)17)9(18)14-4-7-2-1-3-21(7,19)20/h7H,1-6H2,(H,14,18)(H,16,17). The summed E-state index contributed by atoms with van der Waals surface area (Å²) < 4.78 is 59.8. The molecule has 2 N–H and O–H groups in total. The van der Waals surface area contributed by atoms with Crippen LogP contribution in [-0.4, -0.2) is 67.2 Å². The third-order valence-corrected chi connectivity index (χ3v) is 5.20. The molecule has 1 unspecified atom stereocenters. The fourth-order valence-corrected chi connectivity index (χ4v) is 3.75. The molecule has 0 aromatic rings. The van der Waals surface area contributed by atoms with Gasteiger partial charge in [0.25, 0.3) is 0 Å². The summed E-state index contributed by atoms with van der Waals surface area (Å²) >= 11 is 0. The van der Waals surface area contributed by atoms with E-state index in [9.17, 15) is 31.2 Å². The molecule has 0 aliphatic carbocycles. The molecule has 7 nitrogen and oxygen atoms in total. The van der Waals surface area contributed by atoms with Gasteiger partial charge in [0.15, 0.2) is 9.84 Å². The van der Waals surface area contributed by atoms with Gasteiger partial charge in [-0.3, -0.25) is 4.79 Å². The topological polar surface area (TPSA) is 104 Å². The fraction of sp³-hybridized carbons (Fsp3) is 0.800. The van der Waals surface area contributed by atoms with Gasteiger partial charge in [-0.15, -0.1) is 0 Å². The minimum Gasteiger partial charge on any atom is -0.480 e. The van der Waals surface area contributed by atoms with E-state index in [4.69, 9.17) is 5.11 Å². The van der Waals surface area contributed by atoms with Crippen molar-refractivity contribution in [3.63, 3.8) is 0 Å². The summed E-state index contributed by atoms with van der Waals surface area (Å²) in [5, 5.41) is 9.73. The van der Waals surface area contributed by atoms with Gasteiger partial charge in [-0.2, -0.15) is 13.2 Å². The monoisotopic (exact) mass is 332 g/mol. The van der Waals surface area contributed by atoms with Crippen molar-refractivity contribution in [2.24, 2.45) is 0 Å². The Kier molecular flexibility index (Phi) is 5.42. The number of carbonyl (C=O) groups excluding carboxylic acids is 1. The van der Waals surface area contributed by atoms with Crippen LogP contribution in [-0.2, 0) is 14.6 Å². The van der Waals surface area contributed by atoms with Crippen molar-refractivity contribution < 1.29 is 36.3 Å². The minimum atomic E-state index is -4.74. The Hall–Kier alpha value is -1.52. The van der Waals surface area contributed by atoms with Crippen LogP contribution in [0.1, 0.15) is 12.8 Å². The zero-order valence-corrected chi connectivity index (χ0v) is 11.7. The van der Waals surface area contributed by atoms with E-state index in [0.29, 0.717) is 12.8 Å². The van der Waals surface area contributed by atoms with Crippen LogP contribution in [0.3, 0.4) is 0 Å². The number of amides is 2. The van der Waals surface area contributed by atoms with E-state index >= 15 is 0 Å². The molecule has 1 aliphatic rings. The van der Waals surface area contributed by atoms with Crippen molar-refractivity contribution >= 4 is 21.8 Å².